The molecule has 0 atom stereocenters. The number of halogens is 1. The molecule has 0 unspecified atom stereocenters. The van der Waals surface area contributed by atoms with Gasteiger partial charge in [-0.15, -0.1) is 10.2 Å². The van der Waals surface area contributed by atoms with Crippen molar-refractivity contribution in [1.29, 1.82) is 0 Å². The number of hydrogen-bond acceptors (Lipinski definition) is 4. The topological polar surface area (TPSA) is 87.0 Å². The minimum Gasteiger partial charge on any atom is -0.493 e. The number of aromatic nitrogens is 1. The van der Waals surface area contributed by atoms with Crippen LogP contribution >= 0.6 is 0 Å². The predicted octanol–water partition coefficient (Wildman–Crippen LogP) is 5.52. The standard InChI is InChI=1S/C22H16FN3O3/c23-15-11-9-14(10-12-15)13-29-19-8-4-2-6-17(19)21(27)26-25-20-16-5-1-3-7-18(16)24-22(20)28/h1-12,24,28H,13H2. The van der Waals surface area contributed by atoms with Crippen LogP contribution in [0.5, 0.6) is 11.6 Å². The minimum absolute atomic E-state index is 0.163. The molecule has 7 heteroatoms. The SMILES string of the molecule is O=C(N=Nc1c(O)[nH]c2ccccc12)c1ccccc1OCc1ccc(F)cc1. The van der Waals surface area contributed by atoms with Gasteiger partial charge in [0.2, 0.25) is 5.88 Å². The quantitative estimate of drug-likeness (QED) is 0.441. The maximum atomic E-state index is 13.0. The number of rotatable bonds is 5. The highest BCUT2D eigenvalue weighted by molar-refractivity contribution is 5.98. The lowest BCUT2D eigenvalue weighted by atomic mass is 10.2. The number of carbonyl (C=O) groups is 1. The van der Waals surface area contributed by atoms with Crippen LogP contribution in [-0.2, 0) is 6.61 Å². The first kappa shape index (κ1) is 18.4. The number of azo groups is 1. The first-order valence-corrected chi connectivity index (χ1v) is 8.84. The summed E-state index contributed by atoms with van der Waals surface area (Å²) >= 11 is 0. The molecule has 0 bridgehead atoms. The van der Waals surface area contributed by atoms with Crippen molar-refractivity contribution in [2.45, 2.75) is 6.61 Å². The van der Waals surface area contributed by atoms with Crippen molar-refractivity contribution in [3.63, 3.8) is 0 Å². The van der Waals surface area contributed by atoms with E-state index < -0.39 is 5.91 Å². The fraction of sp³-hybridized carbons (Fsp3) is 0.0455. The summed E-state index contributed by atoms with van der Waals surface area (Å²) in [6.07, 6.45) is 0. The molecular weight excluding hydrogens is 373 g/mol. The van der Waals surface area contributed by atoms with Crippen molar-refractivity contribution in [2.75, 3.05) is 0 Å². The van der Waals surface area contributed by atoms with Crippen LogP contribution in [0.2, 0.25) is 0 Å². The zero-order valence-corrected chi connectivity index (χ0v) is 15.2. The van der Waals surface area contributed by atoms with E-state index in [2.05, 4.69) is 15.2 Å². The second-order valence-electron chi connectivity index (χ2n) is 6.28. The molecule has 0 aliphatic carbocycles. The lowest BCUT2D eigenvalue weighted by Gasteiger charge is -2.09. The van der Waals surface area contributed by atoms with Gasteiger partial charge < -0.3 is 14.8 Å². The number of H-pyrrole nitrogens is 1. The third kappa shape index (κ3) is 3.98. The Balaban J connectivity index is 1.55. The van der Waals surface area contributed by atoms with Gasteiger partial charge >= 0.3 is 0 Å². The first-order valence-electron chi connectivity index (χ1n) is 8.84. The summed E-state index contributed by atoms with van der Waals surface area (Å²) in [5, 5.41) is 18.4. The van der Waals surface area contributed by atoms with Crippen molar-refractivity contribution >= 4 is 22.5 Å². The van der Waals surface area contributed by atoms with Crippen LogP contribution < -0.4 is 4.74 Å². The maximum absolute atomic E-state index is 13.0. The number of amides is 1. The summed E-state index contributed by atoms with van der Waals surface area (Å²) in [6.45, 7) is 0.172. The average molecular weight is 389 g/mol. The molecule has 0 radical (unpaired) electrons. The first-order chi connectivity index (χ1) is 14.1. The van der Waals surface area contributed by atoms with E-state index in [1.165, 1.54) is 12.1 Å². The number of nitrogens with zero attached hydrogens (tertiary/aromatic N) is 2. The molecule has 2 N–H and O–H groups in total. The summed E-state index contributed by atoms with van der Waals surface area (Å²) in [6, 6.07) is 19.7. The number of fused-ring (bicyclic) bond motifs is 1. The van der Waals surface area contributed by atoms with Crippen molar-refractivity contribution in [3.8, 4) is 11.6 Å². The van der Waals surface area contributed by atoms with E-state index in [0.717, 1.165) is 5.56 Å². The van der Waals surface area contributed by atoms with Crippen molar-refractivity contribution in [1.82, 2.24) is 4.98 Å². The lowest BCUT2D eigenvalue weighted by Crippen LogP contribution is -2.02. The van der Waals surface area contributed by atoms with Crippen LogP contribution in [0.4, 0.5) is 10.1 Å². The van der Waals surface area contributed by atoms with Crippen molar-refractivity contribution < 1.29 is 19.0 Å². The van der Waals surface area contributed by atoms with E-state index >= 15 is 0 Å². The largest absolute Gasteiger partial charge is 0.493 e. The van der Waals surface area contributed by atoms with E-state index in [4.69, 9.17) is 4.74 Å². The zero-order chi connectivity index (χ0) is 20.2. The smallest absolute Gasteiger partial charge is 0.299 e. The Hall–Kier alpha value is -4.00. The van der Waals surface area contributed by atoms with Crippen LogP contribution in [0, 0.1) is 5.82 Å². The van der Waals surface area contributed by atoms with Gasteiger partial charge in [-0.3, -0.25) is 4.79 Å². The predicted molar refractivity (Wildman–Crippen MR) is 106 cm³/mol. The Morgan fingerprint density at radius 2 is 1.72 bits per heavy atom. The molecule has 6 nitrogen and oxygen atoms in total. The maximum Gasteiger partial charge on any atom is 0.299 e. The summed E-state index contributed by atoms with van der Waals surface area (Å²) in [7, 11) is 0. The van der Waals surface area contributed by atoms with Gasteiger partial charge in [-0.2, -0.15) is 0 Å². The Bertz CT molecular complexity index is 1200. The molecule has 1 aromatic heterocycles. The molecule has 144 valence electrons. The highest BCUT2D eigenvalue weighted by atomic mass is 19.1. The number of carbonyl (C=O) groups excluding carboxylic acids is 1. The van der Waals surface area contributed by atoms with Crippen LogP contribution in [0.1, 0.15) is 15.9 Å². The van der Waals surface area contributed by atoms with Gasteiger partial charge in [0.25, 0.3) is 5.91 Å². The normalized spacial score (nSPS) is 11.2. The second kappa shape index (κ2) is 7.93. The van der Waals surface area contributed by atoms with Crippen LogP contribution in [-0.4, -0.2) is 16.0 Å². The van der Waals surface area contributed by atoms with Gasteiger partial charge in [0.1, 0.15) is 18.2 Å². The fourth-order valence-corrected chi connectivity index (χ4v) is 2.87. The molecule has 4 aromatic rings. The Labute approximate surface area is 165 Å². The molecule has 4 rings (SSSR count). The molecule has 0 aliphatic heterocycles. The summed E-state index contributed by atoms with van der Waals surface area (Å²) < 4.78 is 18.7. The molecule has 29 heavy (non-hydrogen) atoms. The molecule has 3 aromatic carbocycles. The number of aromatic hydroxyl groups is 1. The molecule has 1 heterocycles. The molecule has 0 saturated carbocycles. The fourth-order valence-electron chi connectivity index (χ4n) is 2.87. The average Bonchev–Trinajstić information content (AvgIpc) is 3.07. The monoisotopic (exact) mass is 389 g/mol. The van der Waals surface area contributed by atoms with Gasteiger partial charge in [0, 0.05) is 5.39 Å². The van der Waals surface area contributed by atoms with E-state index in [0.29, 0.717) is 16.7 Å². The third-order valence-corrected chi connectivity index (χ3v) is 4.33. The molecule has 1 amide bonds. The van der Waals surface area contributed by atoms with Crippen LogP contribution in [0.15, 0.2) is 83.0 Å². The van der Waals surface area contributed by atoms with Gasteiger partial charge in [0.15, 0.2) is 5.69 Å². The Morgan fingerprint density at radius 1 is 1.00 bits per heavy atom. The second-order valence-corrected chi connectivity index (χ2v) is 6.28. The Morgan fingerprint density at radius 3 is 2.55 bits per heavy atom. The third-order valence-electron chi connectivity index (χ3n) is 4.33. The molecule has 0 saturated heterocycles. The number of aromatic amines is 1. The summed E-state index contributed by atoms with van der Waals surface area (Å²) in [5.41, 5.74) is 1.88. The Kier molecular flexibility index (Phi) is 5.03. The highest BCUT2D eigenvalue weighted by Crippen LogP contribution is 2.35. The number of para-hydroxylation sites is 2. The van der Waals surface area contributed by atoms with Crippen LogP contribution in [0.25, 0.3) is 10.9 Å². The molecular formula is C22H16FN3O3. The summed E-state index contributed by atoms with van der Waals surface area (Å²) in [4.78, 5) is 15.4. The van der Waals surface area contributed by atoms with Gasteiger partial charge in [-0.1, -0.05) is 42.5 Å². The van der Waals surface area contributed by atoms with Crippen molar-refractivity contribution in [2.24, 2.45) is 10.2 Å². The number of nitrogens with one attached hydrogen (secondary N) is 1. The molecule has 0 aliphatic rings. The van der Waals surface area contributed by atoms with Gasteiger partial charge in [0.05, 0.1) is 11.1 Å². The number of hydrogen-bond donors (Lipinski definition) is 2. The van der Waals surface area contributed by atoms with E-state index in [1.807, 2.05) is 6.07 Å². The highest BCUT2D eigenvalue weighted by Gasteiger charge is 2.14. The molecule has 0 fully saturated rings. The van der Waals surface area contributed by atoms with Gasteiger partial charge in [-0.25, -0.2) is 4.39 Å². The van der Waals surface area contributed by atoms with E-state index in [-0.39, 0.29) is 29.6 Å². The number of ether oxygens (including phenoxy) is 1. The van der Waals surface area contributed by atoms with Gasteiger partial charge in [-0.05, 0) is 35.9 Å². The lowest BCUT2D eigenvalue weighted by molar-refractivity contribution is 0.0990. The summed E-state index contributed by atoms with van der Waals surface area (Å²) in [5.74, 6) is -0.762. The van der Waals surface area contributed by atoms with E-state index in [1.54, 1.807) is 54.6 Å². The van der Waals surface area contributed by atoms with Crippen molar-refractivity contribution in [3.05, 3.63) is 89.7 Å². The van der Waals surface area contributed by atoms with E-state index in [9.17, 15) is 14.3 Å². The molecule has 0 spiro atoms. The zero-order valence-electron chi connectivity index (χ0n) is 15.2. The number of benzene rings is 3. The minimum atomic E-state index is -0.607. The van der Waals surface area contributed by atoms with Crippen LogP contribution in [0.3, 0.4) is 0 Å².